The summed E-state index contributed by atoms with van der Waals surface area (Å²) in [6.07, 6.45) is 1.53. The van der Waals surface area contributed by atoms with Crippen LogP contribution < -0.4 is 16.8 Å². The van der Waals surface area contributed by atoms with Crippen molar-refractivity contribution in [3.63, 3.8) is 0 Å². The van der Waals surface area contributed by atoms with Crippen molar-refractivity contribution >= 4 is 28.7 Å². The van der Waals surface area contributed by atoms with Crippen LogP contribution in [-0.4, -0.2) is 37.8 Å². The summed E-state index contributed by atoms with van der Waals surface area (Å²) in [4.78, 5) is 23.8. The number of aromatic nitrogens is 5. The molecule has 4 aromatic rings. The molecule has 0 aliphatic rings. The van der Waals surface area contributed by atoms with Crippen molar-refractivity contribution in [2.45, 2.75) is 0 Å². The van der Waals surface area contributed by atoms with E-state index < -0.39 is 11.6 Å². The van der Waals surface area contributed by atoms with Crippen LogP contribution in [0.1, 0.15) is 0 Å². The third kappa shape index (κ3) is 3.04. The topological polar surface area (TPSA) is 128 Å². The zero-order valence-electron chi connectivity index (χ0n) is 13.7. The van der Waals surface area contributed by atoms with Crippen molar-refractivity contribution in [2.75, 3.05) is 18.4 Å². The molecule has 27 heavy (non-hydrogen) atoms. The molecule has 0 radical (unpaired) electrons. The summed E-state index contributed by atoms with van der Waals surface area (Å²) < 4.78 is 19.5. The van der Waals surface area contributed by atoms with Gasteiger partial charge in [0.15, 0.2) is 11.5 Å². The number of fused-ring (bicyclic) bond motifs is 1. The van der Waals surface area contributed by atoms with Crippen LogP contribution in [0, 0.1) is 5.82 Å². The second-order valence-corrected chi connectivity index (χ2v) is 5.97. The molecule has 0 saturated heterocycles. The summed E-state index contributed by atoms with van der Waals surface area (Å²) in [5.74, 6) is -0.651. The Labute approximate surface area is 156 Å². The Balaban J connectivity index is 1.88. The van der Waals surface area contributed by atoms with E-state index in [0.29, 0.717) is 41.5 Å². The van der Waals surface area contributed by atoms with Gasteiger partial charge in [0.25, 0.3) is 0 Å². The Hall–Kier alpha value is -3.24. The van der Waals surface area contributed by atoms with E-state index in [1.54, 1.807) is 6.07 Å². The van der Waals surface area contributed by atoms with Gasteiger partial charge in [-0.05, 0) is 24.3 Å². The monoisotopic (exact) mass is 389 g/mol. The fourth-order valence-electron chi connectivity index (χ4n) is 2.64. The molecule has 4 rings (SSSR count). The second kappa shape index (κ2) is 6.82. The first-order valence-electron chi connectivity index (χ1n) is 7.91. The maximum absolute atomic E-state index is 13.5. The van der Waals surface area contributed by atoms with Crippen molar-refractivity contribution < 1.29 is 8.91 Å². The van der Waals surface area contributed by atoms with Crippen molar-refractivity contribution in [1.29, 1.82) is 0 Å². The number of nitrogens with one attached hydrogen (secondary N) is 2. The maximum Gasteiger partial charge on any atom is 0.446 e. The molecule has 4 N–H and O–H groups in total. The molecule has 9 nitrogen and oxygen atoms in total. The highest BCUT2D eigenvalue weighted by Crippen LogP contribution is 2.27. The molecular formula is C16H13ClFN7O2. The van der Waals surface area contributed by atoms with Gasteiger partial charge in [0.1, 0.15) is 5.82 Å². The number of rotatable bonds is 5. The molecule has 0 spiro atoms. The number of benzene rings is 1. The molecule has 0 saturated carbocycles. The van der Waals surface area contributed by atoms with E-state index in [4.69, 9.17) is 21.9 Å². The predicted octanol–water partition coefficient (Wildman–Crippen LogP) is 1.93. The zero-order chi connectivity index (χ0) is 19.0. The Morgan fingerprint density at radius 1 is 1.37 bits per heavy atom. The molecule has 0 fully saturated rings. The maximum atomic E-state index is 13.5. The highest BCUT2D eigenvalue weighted by molar-refractivity contribution is 6.30. The van der Waals surface area contributed by atoms with E-state index >= 15 is 0 Å². The van der Waals surface area contributed by atoms with Crippen molar-refractivity contribution in [3.8, 4) is 17.1 Å². The predicted molar refractivity (Wildman–Crippen MR) is 97.5 cm³/mol. The first-order chi connectivity index (χ1) is 13.1. The number of pyridine rings is 1. The van der Waals surface area contributed by atoms with E-state index in [1.807, 2.05) is 0 Å². The number of nitrogens with zero attached hydrogens (tertiary/aromatic N) is 4. The highest BCUT2D eigenvalue weighted by atomic mass is 35.5. The van der Waals surface area contributed by atoms with Crippen LogP contribution in [0.15, 0.2) is 39.8 Å². The molecule has 11 heteroatoms. The van der Waals surface area contributed by atoms with Gasteiger partial charge in [0, 0.05) is 19.3 Å². The molecule has 0 unspecified atom stereocenters. The lowest BCUT2D eigenvalue weighted by Gasteiger charge is -2.06. The number of H-pyrrole nitrogens is 1. The van der Waals surface area contributed by atoms with Crippen molar-refractivity contribution in [3.05, 3.63) is 51.9 Å². The SMILES string of the molecule is NCCNc1nc2nccc(-c3noc(=O)n3-c3ccc(F)c(Cl)c3)c2[nH]1. The molecule has 0 aliphatic carbocycles. The number of hydrogen-bond acceptors (Lipinski definition) is 7. The third-order valence-corrected chi connectivity index (χ3v) is 4.13. The van der Waals surface area contributed by atoms with E-state index in [1.165, 1.54) is 22.9 Å². The van der Waals surface area contributed by atoms with Crippen LogP contribution in [0.5, 0.6) is 0 Å². The minimum Gasteiger partial charge on any atom is -0.354 e. The molecule has 1 aromatic carbocycles. The summed E-state index contributed by atoms with van der Waals surface area (Å²) >= 11 is 5.84. The lowest BCUT2D eigenvalue weighted by atomic mass is 10.2. The lowest BCUT2D eigenvalue weighted by molar-refractivity contribution is 0.383. The van der Waals surface area contributed by atoms with Crippen LogP contribution in [0.2, 0.25) is 5.02 Å². The number of halogens is 2. The molecule has 0 amide bonds. The largest absolute Gasteiger partial charge is 0.446 e. The highest BCUT2D eigenvalue weighted by Gasteiger charge is 2.19. The second-order valence-electron chi connectivity index (χ2n) is 5.56. The van der Waals surface area contributed by atoms with E-state index in [0.717, 1.165) is 6.07 Å². The molecule has 0 bridgehead atoms. The minimum absolute atomic E-state index is 0.124. The summed E-state index contributed by atoms with van der Waals surface area (Å²) in [7, 11) is 0. The first-order valence-corrected chi connectivity index (χ1v) is 8.29. The number of nitrogens with two attached hydrogens (primary N) is 1. The number of anilines is 1. The average Bonchev–Trinajstić information content (AvgIpc) is 3.25. The van der Waals surface area contributed by atoms with E-state index in [-0.39, 0.29) is 10.8 Å². The average molecular weight is 390 g/mol. The summed E-state index contributed by atoms with van der Waals surface area (Å²) in [5, 5.41) is 6.76. The number of imidazole rings is 1. The number of aromatic amines is 1. The van der Waals surface area contributed by atoms with Gasteiger partial charge in [0.05, 0.1) is 21.8 Å². The summed E-state index contributed by atoms with van der Waals surface area (Å²) in [6.45, 7) is 0.962. The molecule has 3 aromatic heterocycles. The first kappa shape index (κ1) is 17.2. The van der Waals surface area contributed by atoms with Gasteiger partial charge in [-0.3, -0.25) is 4.52 Å². The van der Waals surface area contributed by atoms with Crippen molar-refractivity contribution in [1.82, 2.24) is 24.7 Å². The fraction of sp³-hybridized carbons (Fsp3) is 0.125. The Morgan fingerprint density at radius 3 is 3.00 bits per heavy atom. The fourth-order valence-corrected chi connectivity index (χ4v) is 2.82. The van der Waals surface area contributed by atoms with Gasteiger partial charge >= 0.3 is 5.76 Å². The van der Waals surface area contributed by atoms with Gasteiger partial charge in [-0.1, -0.05) is 16.8 Å². The van der Waals surface area contributed by atoms with Crippen molar-refractivity contribution in [2.24, 2.45) is 5.73 Å². The van der Waals surface area contributed by atoms with Crippen LogP contribution >= 0.6 is 11.6 Å². The van der Waals surface area contributed by atoms with Gasteiger partial charge in [-0.2, -0.15) is 4.98 Å². The van der Waals surface area contributed by atoms with Gasteiger partial charge < -0.3 is 16.0 Å². The minimum atomic E-state index is -0.737. The van der Waals surface area contributed by atoms with Gasteiger partial charge in [-0.15, -0.1) is 0 Å². The Morgan fingerprint density at radius 2 is 2.22 bits per heavy atom. The molecule has 3 heterocycles. The van der Waals surface area contributed by atoms with E-state index in [9.17, 15) is 9.18 Å². The quantitative estimate of drug-likeness (QED) is 0.475. The van der Waals surface area contributed by atoms with Crippen LogP contribution in [0.25, 0.3) is 28.2 Å². The van der Waals surface area contributed by atoms with Gasteiger partial charge in [-0.25, -0.2) is 18.7 Å². The van der Waals surface area contributed by atoms with E-state index in [2.05, 4.69) is 25.4 Å². The summed E-state index contributed by atoms with van der Waals surface area (Å²) in [5.41, 5.74) is 7.30. The summed E-state index contributed by atoms with van der Waals surface area (Å²) in [6, 6.07) is 5.54. The molecular weight excluding hydrogens is 377 g/mol. The third-order valence-electron chi connectivity index (χ3n) is 3.84. The number of hydrogen-bond donors (Lipinski definition) is 3. The van der Waals surface area contributed by atoms with Crippen LogP contribution in [-0.2, 0) is 0 Å². The molecule has 138 valence electrons. The molecule has 0 atom stereocenters. The van der Waals surface area contributed by atoms with Crippen LogP contribution in [0.3, 0.4) is 0 Å². The Kier molecular flexibility index (Phi) is 4.34. The zero-order valence-corrected chi connectivity index (χ0v) is 14.5. The van der Waals surface area contributed by atoms with Gasteiger partial charge in [0.2, 0.25) is 5.95 Å². The normalized spacial score (nSPS) is 11.2. The lowest BCUT2D eigenvalue weighted by Crippen LogP contribution is -2.14. The standard InChI is InChI=1S/C16H13ClFN7O2/c17-10-7-8(1-2-11(10)18)25-14(24-27-16(25)26)9-3-5-20-13-12(9)22-15(23-13)21-6-4-19/h1-3,5,7H,4,6,19H2,(H2,20,21,22,23). The smallest absolute Gasteiger partial charge is 0.354 e. The van der Waals surface area contributed by atoms with Crippen LogP contribution in [0.4, 0.5) is 10.3 Å². The Bertz CT molecular complexity index is 1180. The molecule has 0 aliphatic heterocycles.